The minimum atomic E-state index is -3.69. The summed E-state index contributed by atoms with van der Waals surface area (Å²) in [6, 6.07) is 3.46. The molecule has 0 spiro atoms. The third-order valence-electron chi connectivity index (χ3n) is 2.58. The quantitative estimate of drug-likeness (QED) is 0.855. The molecule has 6 heteroatoms. The highest BCUT2D eigenvalue weighted by molar-refractivity contribution is 7.89. The van der Waals surface area contributed by atoms with Crippen LogP contribution in [0.4, 0.5) is 4.39 Å². The van der Waals surface area contributed by atoms with Crippen molar-refractivity contribution in [1.29, 1.82) is 0 Å². The van der Waals surface area contributed by atoms with E-state index in [1.165, 1.54) is 17.4 Å². The Balaban J connectivity index is 3.31. The zero-order chi connectivity index (χ0) is 15.3. The lowest BCUT2D eigenvalue weighted by atomic mass is 10.2. The Kier molecular flexibility index (Phi) is 5.69. The van der Waals surface area contributed by atoms with Crippen molar-refractivity contribution in [3.8, 4) is 11.8 Å². The fraction of sp³-hybridized carbons (Fsp3) is 0.429. The predicted octanol–water partition coefficient (Wildman–Crippen LogP) is 1.41. The summed E-state index contributed by atoms with van der Waals surface area (Å²) in [6.45, 7) is 4.30. The average Bonchev–Trinajstić information content (AvgIpc) is 2.35. The summed E-state index contributed by atoms with van der Waals surface area (Å²) < 4.78 is 39.4. The van der Waals surface area contributed by atoms with Gasteiger partial charge in [0.05, 0.1) is 11.4 Å². The van der Waals surface area contributed by atoms with Crippen molar-refractivity contribution in [1.82, 2.24) is 4.31 Å². The number of nitrogens with two attached hydrogens (primary N) is 1. The van der Waals surface area contributed by atoms with Gasteiger partial charge in [-0.3, -0.25) is 0 Å². The van der Waals surface area contributed by atoms with Crippen LogP contribution in [0, 0.1) is 23.6 Å². The molecule has 0 heterocycles. The van der Waals surface area contributed by atoms with Crippen molar-refractivity contribution >= 4 is 10.0 Å². The molecule has 2 N–H and O–H groups in total. The third kappa shape index (κ3) is 4.04. The van der Waals surface area contributed by atoms with Crippen molar-refractivity contribution in [2.45, 2.75) is 18.7 Å². The van der Waals surface area contributed by atoms with Gasteiger partial charge < -0.3 is 5.73 Å². The Morgan fingerprint density at radius 2 is 2.05 bits per heavy atom. The molecule has 0 amide bonds. The molecule has 1 rings (SSSR count). The van der Waals surface area contributed by atoms with Crippen LogP contribution in [-0.2, 0) is 10.0 Å². The molecule has 0 radical (unpaired) electrons. The largest absolute Gasteiger partial charge is 0.320 e. The van der Waals surface area contributed by atoms with Gasteiger partial charge in [-0.2, -0.15) is 0 Å². The summed E-state index contributed by atoms with van der Waals surface area (Å²) in [5.41, 5.74) is 5.40. The lowest BCUT2D eigenvalue weighted by molar-refractivity contribution is 0.417. The second kappa shape index (κ2) is 6.84. The maximum atomic E-state index is 13.3. The molecule has 4 nitrogen and oxygen atoms in total. The molecule has 0 bridgehead atoms. The predicted molar refractivity (Wildman–Crippen MR) is 77.0 cm³/mol. The fourth-order valence-corrected chi connectivity index (χ4v) is 3.21. The first-order valence-electron chi connectivity index (χ1n) is 6.24. The Morgan fingerprint density at radius 3 is 2.60 bits per heavy atom. The Morgan fingerprint density at radius 1 is 1.40 bits per heavy atom. The van der Waals surface area contributed by atoms with Crippen molar-refractivity contribution < 1.29 is 12.8 Å². The SMILES string of the molecule is CC(C)CN(C)S(=O)(=O)c1ccc(F)cc1C#CCN. The van der Waals surface area contributed by atoms with E-state index in [2.05, 4.69) is 11.8 Å². The molecule has 110 valence electrons. The van der Waals surface area contributed by atoms with Crippen LogP contribution in [-0.4, -0.2) is 32.9 Å². The van der Waals surface area contributed by atoms with E-state index in [0.29, 0.717) is 6.54 Å². The molecule has 1 aromatic carbocycles. The Bertz CT molecular complexity index is 630. The number of nitrogens with zero attached hydrogens (tertiary/aromatic N) is 1. The van der Waals surface area contributed by atoms with E-state index in [4.69, 9.17) is 5.73 Å². The molecule has 0 saturated heterocycles. The molecule has 0 aliphatic heterocycles. The molecule has 20 heavy (non-hydrogen) atoms. The van der Waals surface area contributed by atoms with Gasteiger partial charge in [0.1, 0.15) is 5.82 Å². The first-order valence-corrected chi connectivity index (χ1v) is 7.68. The van der Waals surface area contributed by atoms with Crippen molar-refractivity contribution in [3.63, 3.8) is 0 Å². The Hall–Kier alpha value is -1.42. The van der Waals surface area contributed by atoms with Crippen LogP contribution in [0.3, 0.4) is 0 Å². The van der Waals surface area contributed by atoms with Crippen LogP contribution in [0.15, 0.2) is 23.1 Å². The minimum Gasteiger partial charge on any atom is -0.320 e. The number of hydrogen-bond acceptors (Lipinski definition) is 3. The highest BCUT2D eigenvalue weighted by atomic mass is 32.2. The summed E-state index contributed by atoms with van der Waals surface area (Å²) in [5.74, 6) is 4.82. The smallest absolute Gasteiger partial charge is 0.244 e. The highest BCUT2D eigenvalue weighted by Gasteiger charge is 2.24. The molecule has 0 aliphatic carbocycles. The van der Waals surface area contributed by atoms with Gasteiger partial charge in [-0.1, -0.05) is 25.7 Å². The van der Waals surface area contributed by atoms with Gasteiger partial charge in [-0.15, -0.1) is 0 Å². The standard InChI is InChI=1S/C14H19FN2O2S/c1-11(2)10-17(3)20(18,19)14-7-6-13(15)9-12(14)5-4-8-16/h6-7,9,11H,8,10,16H2,1-3H3. The molecule has 0 aliphatic rings. The summed E-state index contributed by atoms with van der Waals surface area (Å²) in [6.07, 6.45) is 0. The molecule has 1 aromatic rings. The van der Waals surface area contributed by atoms with Crippen LogP contribution in [0.5, 0.6) is 0 Å². The van der Waals surface area contributed by atoms with Crippen LogP contribution in [0.1, 0.15) is 19.4 Å². The van der Waals surface area contributed by atoms with E-state index in [0.717, 1.165) is 12.1 Å². The highest BCUT2D eigenvalue weighted by Crippen LogP contribution is 2.20. The van der Waals surface area contributed by atoms with Crippen LogP contribution >= 0.6 is 0 Å². The number of sulfonamides is 1. The van der Waals surface area contributed by atoms with Gasteiger partial charge in [0.15, 0.2) is 0 Å². The third-order valence-corrected chi connectivity index (χ3v) is 4.46. The average molecular weight is 298 g/mol. The van der Waals surface area contributed by atoms with Crippen LogP contribution < -0.4 is 5.73 Å². The maximum Gasteiger partial charge on any atom is 0.244 e. The summed E-state index contributed by atoms with van der Waals surface area (Å²) in [4.78, 5) is 0.00278. The molecule has 0 saturated carbocycles. The summed E-state index contributed by atoms with van der Waals surface area (Å²) >= 11 is 0. The first-order chi connectivity index (χ1) is 9.28. The second-order valence-electron chi connectivity index (χ2n) is 4.83. The van der Waals surface area contributed by atoms with Gasteiger partial charge in [0.2, 0.25) is 10.0 Å². The van der Waals surface area contributed by atoms with E-state index in [-0.39, 0.29) is 22.9 Å². The molecule has 0 aromatic heterocycles. The van der Waals surface area contributed by atoms with E-state index in [9.17, 15) is 12.8 Å². The number of hydrogen-bond donors (Lipinski definition) is 1. The zero-order valence-corrected chi connectivity index (χ0v) is 12.7. The lowest BCUT2D eigenvalue weighted by Crippen LogP contribution is -2.31. The molecule has 0 unspecified atom stereocenters. The lowest BCUT2D eigenvalue weighted by Gasteiger charge is -2.20. The Labute approximate surface area is 119 Å². The van der Waals surface area contributed by atoms with E-state index in [1.807, 2.05) is 13.8 Å². The van der Waals surface area contributed by atoms with Gasteiger partial charge in [0, 0.05) is 19.2 Å². The van der Waals surface area contributed by atoms with Gasteiger partial charge in [0.25, 0.3) is 0 Å². The summed E-state index contributed by atoms with van der Waals surface area (Å²) in [7, 11) is -2.19. The topological polar surface area (TPSA) is 63.4 Å². The van der Waals surface area contributed by atoms with Crippen molar-refractivity contribution in [2.24, 2.45) is 11.7 Å². The van der Waals surface area contributed by atoms with Gasteiger partial charge >= 0.3 is 0 Å². The minimum absolute atomic E-state index is 0.00278. The van der Waals surface area contributed by atoms with Gasteiger partial charge in [-0.05, 0) is 24.1 Å². The van der Waals surface area contributed by atoms with Crippen LogP contribution in [0.2, 0.25) is 0 Å². The number of rotatable bonds is 4. The van der Waals surface area contributed by atoms with Crippen molar-refractivity contribution in [2.75, 3.05) is 20.1 Å². The molecule has 0 fully saturated rings. The first kappa shape index (κ1) is 16.6. The van der Waals surface area contributed by atoms with E-state index < -0.39 is 15.8 Å². The van der Waals surface area contributed by atoms with E-state index in [1.54, 1.807) is 0 Å². The van der Waals surface area contributed by atoms with Crippen LogP contribution in [0.25, 0.3) is 0 Å². The van der Waals surface area contributed by atoms with Crippen molar-refractivity contribution in [3.05, 3.63) is 29.6 Å². The number of benzene rings is 1. The van der Waals surface area contributed by atoms with Gasteiger partial charge in [-0.25, -0.2) is 17.1 Å². The number of halogens is 1. The fourth-order valence-electron chi connectivity index (χ4n) is 1.75. The maximum absolute atomic E-state index is 13.3. The zero-order valence-electron chi connectivity index (χ0n) is 11.9. The molecule has 0 atom stereocenters. The molecular weight excluding hydrogens is 279 g/mol. The molecular formula is C14H19FN2O2S. The normalized spacial score (nSPS) is 11.6. The monoisotopic (exact) mass is 298 g/mol. The summed E-state index contributed by atoms with van der Waals surface area (Å²) in [5, 5.41) is 0. The van der Waals surface area contributed by atoms with E-state index >= 15 is 0 Å². The second-order valence-corrected chi connectivity index (χ2v) is 6.84.